The van der Waals surface area contributed by atoms with Gasteiger partial charge < -0.3 is 9.64 Å². The van der Waals surface area contributed by atoms with Gasteiger partial charge in [0.2, 0.25) is 5.91 Å². The summed E-state index contributed by atoms with van der Waals surface area (Å²) in [5.74, 6) is -0.00984. The topological polar surface area (TPSA) is 46.6 Å². The molecule has 5 heteroatoms. The van der Waals surface area contributed by atoms with Crippen LogP contribution < -0.4 is 0 Å². The maximum atomic E-state index is 12.0. The SMILES string of the molecule is COC1CCN(C(=O)CCC(=O)c2ccc(Cl)cc2)C1. The van der Waals surface area contributed by atoms with E-state index in [-0.39, 0.29) is 30.6 Å². The highest BCUT2D eigenvalue weighted by Gasteiger charge is 2.25. The number of nitrogens with zero attached hydrogens (tertiary/aromatic N) is 1. The van der Waals surface area contributed by atoms with E-state index in [1.165, 1.54) is 0 Å². The molecule has 1 aliphatic heterocycles. The van der Waals surface area contributed by atoms with E-state index in [0.717, 1.165) is 6.42 Å². The first kappa shape index (κ1) is 15.0. The fourth-order valence-electron chi connectivity index (χ4n) is 2.31. The summed E-state index contributed by atoms with van der Waals surface area (Å²) >= 11 is 5.77. The summed E-state index contributed by atoms with van der Waals surface area (Å²) in [5, 5.41) is 0.598. The van der Waals surface area contributed by atoms with Gasteiger partial charge in [-0.25, -0.2) is 0 Å². The molecule has 1 aromatic rings. The van der Waals surface area contributed by atoms with E-state index < -0.39 is 0 Å². The zero-order chi connectivity index (χ0) is 14.5. The molecule has 1 aliphatic rings. The lowest BCUT2D eigenvalue weighted by Crippen LogP contribution is -2.30. The van der Waals surface area contributed by atoms with Crippen molar-refractivity contribution in [1.82, 2.24) is 4.90 Å². The van der Waals surface area contributed by atoms with Gasteiger partial charge in [-0.3, -0.25) is 9.59 Å². The molecule has 1 fully saturated rings. The molecule has 0 N–H and O–H groups in total. The number of rotatable bonds is 5. The van der Waals surface area contributed by atoms with Crippen LogP contribution in [0.2, 0.25) is 5.02 Å². The fourth-order valence-corrected chi connectivity index (χ4v) is 2.43. The summed E-state index contributed by atoms with van der Waals surface area (Å²) in [5.41, 5.74) is 0.596. The number of Topliss-reactive ketones (excluding diaryl/α,β-unsaturated/α-hetero) is 1. The van der Waals surface area contributed by atoms with Crippen molar-refractivity contribution in [3.8, 4) is 0 Å². The number of likely N-dealkylation sites (tertiary alicyclic amines) is 1. The summed E-state index contributed by atoms with van der Waals surface area (Å²) in [4.78, 5) is 25.7. The average molecular weight is 296 g/mol. The molecule has 4 nitrogen and oxygen atoms in total. The van der Waals surface area contributed by atoms with Crippen LogP contribution in [-0.2, 0) is 9.53 Å². The molecule has 0 aromatic heterocycles. The van der Waals surface area contributed by atoms with Gasteiger partial charge in [-0.05, 0) is 30.7 Å². The molecule has 0 aliphatic carbocycles. The lowest BCUT2D eigenvalue weighted by molar-refractivity contribution is -0.130. The third-order valence-electron chi connectivity index (χ3n) is 3.56. The van der Waals surface area contributed by atoms with Crippen molar-refractivity contribution in [3.63, 3.8) is 0 Å². The minimum atomic E-state index is -0.0301. The highest BCUT2D eigenvalue weighted by Crippen LogP contribution is 2.15. The van der Waals surface area contributed by atoms with E-state index in [4.69, 9.17) is 16.3 Å². The number of methoxy groups -OCH3 is 1. The number of hydrogen-bond donors (Lipinski definition) is 0. The molecule has 0 saturated carbocycles. The van der Waals surface area contributed by atoms with Crippen molar-refractivity contribution in [2.75, 3.05) is 20.2 Å². The number of benzene rings is 1. The van der Waals surface area contributed by atoms with Crippen LogP contribution in [0, 0.1) is 0 Å². The Labute approximate surface area is 123 Å². The van der Waals surface area contributed by atoms with Gasteiger partial charge in [-0.1, -0.05) is 11.6 Å². The van der Waals surface area contributed by atoms with Crippen LogP contribution in [0.4, 0.5) is 0 Å². The molecule has 1 heterocycles. The maximum Gasteiger partial charge on any atom is 0.223 e. The minimum absolute atomic E-state index is 0.0202. The standard InChI is InChI=1S/C15H18ClNO3/c1-20-13-8-9-17(10-13)15(19)7-6-14(18)11-2-4-12(16)5-3-11/h2-5,13H,6-10H2,1H3. The van der Waals surface area contributed by atoms with Crippen LogP contribution in [0.5, 0.6) is 0 Å². The molecule has 108 valence electrons. The van der Waals surface area contributed by atoms with Crippen molar-refractivity contribution in [2.24, 2.45) is 0 Å². The first-order valence-electron chi connectivity index (χ1n) is 6.69. The van der Waals surface area contributed by atoms with Gasteiger partial charge in [0.1, 0.15) is 0 Å². The van der Waals surface area contributed by atoms with Crippen LogP contribution in [0.15, 0.2) is 24.3 Å². The Kier molecular flexibility index (Phi) is 5.15. The number of halogens is 1. The lowest BCUT2D eigenvalue weighted by atomic mass is 10.1. The molecule has 1 amide bonds. The van der Waals surface area contributed by atoms with Gasteiger partial charge in [-0.15, -0.1) is 0 Å². The zero-order valence-electron chi connectivity index (χ0n) is 11.5. The van der Waals surface area contributed by atoms with Crippen LogP contribution in [0.25, 0.3) is 0 Å². The van der Waals surface area contributed by atoms with Gasteiger partial charge in [0.05, 0.1) is 6.10 Å². The van der Waals surface area contributed by atoms with Gasteiger partial charge in [0.15, 0.2) is 5.78 Å². The Hall–Kier alpha value is -1.39. The second-order valence-electron chi connectivity index (χ2n) is 4.92. The van der Waals surface area contributed by atoms with Gasteiger partial charge in [0, 0.05) is 43.6 Å². The molecular weight excluding hydrogens is 278 g/mol. The van der Waals surface area contributed by atoms with E-state index in [1.54, 1.807) is 36.3 Å². The molecule has 0 bridgehead atoms. The number of ketones is 1. The van der Waals surface area contributed by atoms with E-state index in [2.05, 4.69) is 0 Å². The monoisotopic (exact) mass is 295 g/mol. The van der Waals surface area contributed by atoms with Crippen molar-refractivity contribution in [2.45, 2.75) is 25.4 Å². The average Bonchev–Trinajstić information content (AvgIpc) is 2.94. The minimum Gasteiger partial charge on any atom is -0.380 e. The van der Waals surface area contributed by atoms with Crippen molar-refractivity contribution < 1.29 is 14.3 Å². The lowest BCUT2D eigenvalue weighted by Gasteiger charge is -2.15. The third-order valence-corrected chi connectivity index (χ3v) is 3.82. The molecule has 20 heavy (non-hydrogen) atoms. The van der Waals surface area contributed by atoms with Crippen LogP contribution in [0.1, 0.15) is 29.6 Å². The Bertz CT molecular complexity index is 486. The van der Waals surface area contributed by atoms with Gasteiger partial charge >= 0.3 is 0 Å². The van der Waals surface area contributed by atoms with Crippen molar-refractivity contribution >= 4 is 23.3 Å². The van der Waals surface area contributed by atoms with Crippen molar-refractivity contribution in [3.05, 3.63) is 34.9 Å². The Morgan fingerprint density at radius 3 is 2.60 bits per heavy atom. The fraction of sp³-hybridized carbons (Fsp3) is 0.467. The first-order valence-corrected chi connectivity index (χ1v) is 7.07. The molecule has 2 rings (SSSR count). The molecule has 0 spiro atoms. The Morgan fingerprint density at radius 1 is 1.30 bits per heavy atom. The van der Waals surface area contributed by atoms with Crippen molar-refractivity contribution in [1.29, 1.82) is 0 Å². The maximum absolute atomic E-state index is 12.0. The molecule has 0 radical (unpaired) electrons. The second kappa shape index (κ2) is 6.86. The zero-order valence-corrected chi connectivity index (χ0v) is 12.2. The van der Waals surface area contributed by atoms with E-state index >= 15 is 0 Å². The predicted molar refractivity (Wildman–Crippen MR) is 77.0 cm³/mol. The molecule has 1 atom stereocenters. The van der Waals surface area contributed by atoms with Gasteiger partial charge in [-0.2, -0.15) is 0 Å². The number of amides is 1. The number of carbonyl (C=O) groups excluding carboxylic acids is 2. The van der Waals surface area contributed by atoms with Gasteiger partial charge in [0.25, 0.3) is 0 Å². The highest BCUT2D eigenvalue weighted by atomic mass is 35.5. The molecule has 1 saturated heterocycles. The number of carbonyl (C=O) groups is 2. The Morgan fingerprint density at radius 2 is 2.00 bits per heavy atom. The van der Waals surface area contributed by atoms with Crippen LogP contribution in [0.3, 0.4) is 0 Å². The normalized spacial score (nSPS) is 18.3. The largest absolute Gasteiger partial charge is 0.380 e. The van der Waals surface area contributed by atoms with E-state index in [1.807, 2.05) is 0 Å². The van der Waals surface area contributed by atoms with E-state index in [0.29, 0.717) is 23.7 Å². The Balaban J connectivity index is 1.81. The highest BCUT2D eigenvalue weighted by molar-refractivity contribution is 6.30. The summed E-state index contributed by atoms with van der Waals surface area (Å²) in [6.07, 6.45) is 1.48. The number of ether oxygens (including phenoxy) is 1. The second-order valence-corrected chi connectivity index (χ2v) is 5.35. The van der Waals surface area contributed by atoms with Crippen LogP contribution >= 0.6 is 11.6 Å². The number of hydrogen-bond acceptors (Lipinski definition) is 3. The quantitative estimate of drug-likeness (QED) is 0.784. The summed E-state index contributed by atoms with van der Waals surface area (Å²) in [6.45, 7) is 1.34. The molecule has 1 unspecified atom stereocenters. The third kappa shape index (κ3) is 3.81. The smallest absolute Gasteiger partial charge is 0.223 e. The molecular formula is C15H18ClNO3. The summed E-state index contributed by atoms with van der Waals surface area (Å²) < 4.78 is 5.22. The molecule has 1 aromatic carbocycles. The van der Waals surface area contributed by atoms with E-state index in [9.17, 15) is 9.59 Å². The summed E-state index contributed by atoms with van der Waals surface area (Å²) in [7, 11) is 1.66. The first-order chi connectivity index (χ1) is 9.60. The predicted octanol–water partition coefficient (Wildman–Crippen LogP) is 2.55. The van der Waals surface area contributed by atoms with Crippen LogP contribution in [-0.4, -0.2) is 42.9 Å². The summed E-state index contributed by atoms with van der Waals surface area (Å²) in [6, 6.07) is 6.73.